The third-order valence-corrected chi connectivity index (χ3v) is 1.44. The van der Waals surface area contributed by atoms with Gasteiger partial charge in [-0.15, -0.1) is 0 Å². The Morgan fingerprint density at radius 2 is 2.44 bits per heavy atom. The number of allylic oxidation sites excluding steroid dienone is 4. The predicted molar refractivity (Wildman–Crippen MR) is 40.6 cm³/mol. The quantitative estimate of drug-likeness (QED) is 0.466. The van der Waals surface area contributed by atoms with Crippen molar-refractivity contribution < 1.29 is 0 Å². The third kappa shape index (κ3) is 1.53. The second-order valence-electron chi connectivity index (χ2n) is 2.17. The highest BCUT2D eigenvalue weighted by atomic mass is 14.7. The molecule has 1 rings (SSSR count). The summed E-state index contributed by atoms with van der Waals surface area (Å²) in [5, 5.41) is 0. The largest absolute Gasteiger partial charge is 0.262 e. The van der Waals surface area contributed by atoms with Crippen LogP contribution in [0, 0.1) is 0 Å². The molecule has 9 heavy (non-hydrogen) atoms. The lowest BCUT2D eigenvalue weighted by atomic mass is 10.1. The van der Waals surface area contributed by atoms with Crippen molar-refractivity contribution in [3.05, 3.63) is 23.4 Å². The number of hydrogen-bond donors (Lipinski definition) is 0. The minimum atomic E-state index is 1.05. The molecule has 0 amide bonds. The maximum absolute atomic E-state index is 4.15. The molecule has 0 aliphatic carbocycles. The van der Waals surface area contributed by atoms with Gasteiger partial charge in [-0.2, -0.15) is 0 Å². The molecule has 1 nitrogen and oxygen atoms in total. The molecule has 48 valence electrons. The topological polar surface area (TPSA) is 12.4 Å². The van der Waals surface area contributed by atoms with E-state index in [9.17, 15) is 0 Å². The van der Waals surface area contributed by atoms with Crippen molar-refractivity contribution in [2.75, 3.05) is 0 Å². The minimum absolute atomic E-state index is 1.05. The van der Waals surface area contributed by atoms with Gasteiger partial charge in [-0.25, -0.2) is 0 Å². The molecule has 1 aliphatic heterocycles. The number of rotatable bonds is 0. The first kappa shape index (κ1) is 6.27. The van der Waals surface area contributed by atoms with E-state index in [1.807, 2.05) is 20.1 Å². The number of nitrogens with zero attached hydrogens (tertiary/aromatic N) is 1. The normalized spacial score (nSPS) is 22.4. The third-order valence-electron chi connectivity index (χ3n) is 1.44. The van der Waals surface area contributed by atoms with E-state index in [0.29, 0.717) is 0 Å². The highest BCUT2D eigenvalue weighted by Gasteiger charge is 1.94. The zero-order valence-corrected chi connectivity index (χ0v) is 5.89. The maximum Gasteiger partial charge on any atom is 0.0336 e. The molecule has 0 radical (unpaired) electrons. The molecule has 1 heteroatoms. The first-order chi connectivity index (χ1) is 4.33. The van der Waals surface area contributed by atoms with Gasteiger partial charge in [-0.1, -0.05) is 12.2 Å². The molecule has 0 atom stereocenters. The van der Waals surface area contributed by atoms with Crippen LogP contribution < -0.4 is 0 Å². The summed E-state index contributed by atoms with van der Waals surface area (Å²) in [6.45, 7) is 4.05. The Morgan fingerprint density at radius 3 is 2.89 bits per heavy atom. The van der Waals surface area contributed by atoms with Gasteiger partial charge in [-0.3, -0.25) is 4.99 Å². The molecule has 0 aromatic rings. The number of aliphatic imine (C=N–C) groups is 1. The van der Waals surface area contributed by atoms with E-state index < -0.39 is 0 Å². The van der Waals surface area contributed by atoms with Crippen LogP contribution in [0.1, 0.15) is 20.3 Å². The van der Waals surface area contributed by atoms with E-state index in [1.165, 1.54) is 5.57 Å². The summed E-state index contributed by atoms with van der Waals surface area (Å²) in [5.74, 6) is 0. The molecule has 0 aromatic heterocycles. The molecule has 0 saturated heterocycles. The molecular weight excluding hydrogens is 110 g/mol. The Bertz CT molecular complexity index is 185. The second kappa shape index (κ2) is 2.62. The van der Waals surface area contributed by atoms with E-state index in [1.54, 1.807) is 0 Å². The zero-order valence-electron chi connectivity index (χ0n) is 5.89. The van der Waals surface area contributed by atoms with E-state index in [2.05, 4.69) is 17.1 Å². The molecule has 0 unspecified atom stereocenters. The molecule has 0 bridgehead atoms. The van der Waals surface area contributed by atoms with Crippen LogP contribution in [0.4, 0.5) is 0 Å². The van der Waals surface area contributed by atoms with E-state index in [-0.39, 0.29) is 0 Å². The average Bonchev–Trinajstić information content (AvgIpc) is 1.90. The van der Waals surface area contributed by atoms with Crippen molar-refractivity contribution in [3.8, 4) is 0 Å². The van der Waals surface area contributed by atoms with Gasteiger partial charge < -0.3 is 0 Å². The summed E-state index contributed by atoms with van der Waals surface area (Å²) in [6, 6.07) is 0. The van der Waals surface area contributed by atoms with Gasteiger partial charge in [0.25, 0.3) is 0 Å². The molecular formula is C8H11N. The Morgan fingerprint density at radius 1 is 1.67 bits per heavy atom. The summed E-state index contributed by atoms with van der Waals surface area (Å²) in [6.07, 6.45) is 7.20. The molecule has 1 heterocycles. The van der Waals surface area contributed by atoms with Gasteiger partial charge in [0.05, 0.1) is 0 Å². The number of hydrogen-bond acceptors (Lipinski definition) is 1. The summed E-state index contributed by atoms with van der Waals surface area (Å²) in [5.41, 5.74) is 2.43. The van der Waals surface area contributed by atoms with Crippen molar-refractivity contribution in [1.29, 1.82) is 0 Å². The van der Waals surface area contributed by atoms with Crippen LogP contribution >= 0.6 is 0 Å². The summed E-state index contributed by atoms with van der Waals surface area (Å²) < 4.78 is 0. The fourth-order valence-electron chi connectivity index (χ4n) is 0.748. The monoisotopic (exact) mass is 121 g/mol. The van der Waals surface area contributed by atoms with Gasteiger partial charge >= 0.3 is 0 Å². The van der Waals surface area contributed by atoms with Gasteiger partial charge in [0.1, 0.15) is 0 Å². The van der Waals surface area contributed by atoms with Gasteiger partial charge in [0.15, 0.2) is 0 Å². The highest BCUT2D eigenvalue weighted by Crippen LogP contribution is 2.09. The van der Waals surface area contributed by atoms with Crippen molar-refractivity contribution >= 4 is 6.21 Å². The van der Waals surface area contributed by atoms with Gasteiger partial charge in [0.2, 0.25) is 0 Å². The van der Waals surface area contributed by atoms with E-state index in [0.717, 1.165) is 12.1 Å². The summed E-state index contributed by atoms with van der Waals surface area (Å²) in [4.78, 5) is 4.15. The first-order valence-electron chi connectivity index (χ1n) is 3.19. The van der Waals surface area contributed by atoms with Crippen molar-refractivity contribution in [2.24, 2.45) is 4.99 Å². The van der Waals surface area contributed by atoms with E-state index >= 15 is 0 Å². The molecule has 0 spiro atoms. The van der Waals surface area contributed by atoms with Crippen LogP contribution in [0.25, 0.3) is 0 Å². The zero-order chi connectivity index (χ0) is 6.69. The average molecular weight is 121 g/mol. The lowest BCUT2D eigenvalue weighted by molar-refractivity contribution is 1.17. The van der Waals surface area contributed by atoms with Crippen LogP contribution in [0.15, 0.2) is 28.4 Å². The van der Waals surface area contributed by atoms with Gasteiger partial charge in [0, 0.05) is 11.9 Å². The smallest absolute Gasteiger partial charge is 0.0336 e. The Labute approximate surface area is 55.8 Å². The second-order valence-corrected chi connectivity index (χ2v) is 2.17. The molecule has 0 saturated carbocycles. The standard InChI is InChI=1S/C8H11N/c1-3-8-5-4-7(2)9-6-8/h3-4,6H,5H2,1-2H3. The van der Waals surface area contributed by atoms with Crippen LogP contribution in [-0.4, -0.2) is 6.21 Å². The van der Waals surface area contributed by atoms with Crippen molar-refractivity contribution in [2.45, 2.75) is 20.3 Å². The summed E-state index contributed by atoms with van der Waals surface area (Å²) >= 11 is 0. The van der Waals surface area contributed by atoms with Crippen LogP contribution in [0.2, 0.25) is 0 Å². The Balaban J connectivity index is 2.70. The maximum atomic E-state index is 4.15. The summed E-state index contributed by atoms with van der Waals surface area (Å²) in [7, 11) is 0. The minimum Gasteiger partial charge on any atom is -0.262 e. The van der Waals surface area contributed by atoms with Crippen molar-refractivity contribution in [1.82, 2.24) is 0 Å². The molecule has 0 fully saturated rings. The SMILES string of the molecule is CC=C1C=NC(C)=CC1. The Kier molecular flexibility index (Phi) is 1.83. The van der Waals surface area contributed by atoms with Crippen LogP contribution in [-0.2, 0) is 0 Å². The molecule has 0 N–H and O–H groups in total. The first-order valence-corrected chi connectivity index (χ1v) is 3.19. The lowest BCUT2D eigenvalue weighted by Crippen LogP contribution is -1.89. The van der Waals surface area contributed by atoms with E-state index in [4.69, 9.17) is 0 Å². The fourth-order valence-corrected chi connectivity index (χ4v) is 0.748. The molecule has 0 aromatic carbocycles. The molecule has 1 aliphatic rings. The van der Waals surface area contributed by atoms with Crippen LogP contribution in [0.5, 0.6) is 0 Å². The van der Waals surface area contributed by atoms with Crippen LogP contribution in [0.3, 0.4) is 0 Å². The highest BCUT2D eigenvalue weighted by molar-refractivity contribution is 5.80. The Hall–Kier alpha value is -0.850. The van der Waals surface area contributed by atoms with Crippen molar-refractivity contribution in [3.63, 3.8) is 0 Å². The predicted octanol–water partition coefficient (Wildman–Crippen LogP) is 2.31. The van der Waals surface area contributed by atoms with Gasteiger partial charge in [-0.05, 0) is 25.8 Å². The lowest BCUT2D eigenvalue weighted by Gasteiger charge is -2.02. The fraction of sp³-hybridized carbons (Fsp3) is 0.375.